The molecule has 0 radical (unpaired) electrons. The Bertz CT molecular complexity index is 668. The summed E-state index contributed by atoms with van der Waals surface area (Å²) >= 11 is 0. The summed E-state index contributed by atoms with van der Waals surface area (Å²) in [5.74, 6) is 0.971. The lowest BCUT2D eigenvalue weighted by molar-refractivity contribution is -0.148. The van der Waals surface area contributed by atoms with E-state index in [1.165, 1.54) is 37.7 Å². The number of nitrogens with one attached hydrogen (secondary N) is 2. The van der Waals surface area contributed by atoms with Crippen molar-refractivity contribution >= 4 is 5.91 Å². The van der Waals surface area contributed by atoms with Crippen molar-refractivity contribution in [2.75, 3.05) is 26.2 Å². The summed E-state index contributed by atoms with van der Waals surface area (Å²) in [6, 6.07) is 10.5. The molecule has 1 aliphatic heterocycles. The molecule has 1 spiro atoms. The lowest BCUT2D eigenvalue weighted by atomic mass is 9.78. The van der Waals surface area contributed by atoms with Gasteiger partial charge in [-0.3, -0.25) is 4.79 Å². The number of nitrogens with zero attached hydrogens (tertiary/aromatic N) is 1. The van der Waals surface area contributed by atoms with Crippen LogP contribution in [0.1, 0.15) is 63.4 Å². The first kappa shape index (κ1) is 21.8. The molecule has 3 aliphatic rings. The molecule has 3 N–H and O–H groups in total. The summed E-state index contributed by atoms with van der Waals surface area (Å²) in [5, 5.41) is 17.9. The zero-order valence-corrected chi connectivity index (χ0v) is 18.3. The Morgan fingerprint density at radius 1 is 1.10 bits per heavy atom. The molecule has 1 aromatic rings. The first-order valence-corrected chi connectivity index (χ1v) is 12.2. The van der Waals surface area contributed by atoms with Crippen molar-refractivity contribution in [2.45, 2.75) is 81.9 Å². The maximum absolute atomic E-state index is 13.7. The molecule has 1 aromatic carbocycles. The van der Waals surface area contributed by atoms with Crippen molar-refractivity contribution in [3.05, 3.63) is 35.9 Å². The SMILES string of the molecule is O=C1N(C[C@H](O)CNCC2CCCC2)[C@@H](Cc2ccccc2)CNC12CCCCC2. The summed E-state index contributed by atoms with van der Waals surface area (Å²) in [5.41, 5.74) is 0.846. The van der Waals surface area contributed by atoms with Crippen molar-refractivity contribution in [1.82, 2.24) is 15.5 Å². The quantitative estimate of drug-likeness (QED) is 0.613. The van der Waals surface area contributed by atoms with Crippen molar-refractivity contribution in [2.24, 2.45) is 5.92 Å². The van der Waals surface area contributed by atoms with E-state index in [4.69, 9.17) is 0 Å². The Labute approximate surface area is 181 Å². The number of aliphatic hydroxyl groups excluding tert-OH is 1. The molecule has 0 bridgehead atoms. The number of carbonyl (C=O) groups is 1. The Morgan fingerprint density at radius 2 is 1.83 bits per heavy atom. The highest BCUT2D eigenvalue weighted by molar-refractivity contribution is 5.87. The van der Waals surface area contributed by atoms with Gasteiger partial charge in [-0.25, -0.2) is 0 Å². The highest BCUT2D eigenvalue weighted by Gasteiger charge is 2.47. The molecule has 4 rings (SSSR count). The van der Waals surface area contributed by atoms with Crippen LogP contribution in [0.5, 0.6) is 0 Å². The number of rotatable bonds is 8. The smallest absolute Gasteiger partial charge is 0.243 e. The van der Waals surface area contributed by atoms with Crippen LogP contribution in [-0.4, -0.2) is 59.8 Å². The van der Waals surface area contributed by atoms with Gasteiger partial charge in [0.05, 0.1) is 11.6 Å². The highest BCUT2D eigenvalue weighted by Crippen LogP contribution is 2.33. The van der Waals surface area contributed by atoms with Crippen LogP contribution in [0.3, 0.4) is 0 Å². The van der Waals surface area contributed by atoms with Gasteiger partial charge in [0.2, 0.25) is 5.91 Å². The van der Waals surface area contributed by atoms with Gasteiger partial charge in [-0.1, -0.05) is 62.4 Å². The third-order valence-corrected chi connectivity index (χ3v) is 7.50. The van der Waals surface area contributed by atoms with E-state index in [1.807, 2.05) is 11.0 Å². The number of benzene rings is 1. The molecule has 3 fully saturated rings. The third kappa shape index (κ3) is 5.24. The van der Waals surface area contributed by atoms with Gasteiger partial charge in [-0.2, -0.15) is 0 Å². The molecule has 1 saturated heterocycles. The van der Waals surface area contributed by atoms with Crippen molar-refractivity contribution in [3.8, 4) is 0 Å². The van der Waals surface area contributed by atoms with E-state index in [2.05, 4.69) is 34.9 Å². The summed E-state index contributed by atoms with van der Waals surface area (Å²) in [4.78, 5) is 15.7. The van der Waals surface area contributed by atoms with Crippen LogP contribution in [0.4, 0.5) is 0 Å². The largest absolute Gasteiger partial charge is 0.390 e. The summed E-state index contributed by atoms with van der Waals surface area (Å²) in [7, 11) is 0. The van der Waals surface area contributed by atoms with E-state index in [0.29, 0.717) is 13.1 Å². The molecule has 5 heteroatoms. The van der Waals surface area contributed by atoms with E-state index in [1.54, 1.807) is 0 Å². The first-order chi connectivity index (χ1) is 14.7. The van der Waals surface area contributed by atoms with E-state index < -0.39 is 11.6 Å². The molecular weight excluding hydrogens is 374 g/mol. The highest BCUT2D eigenvalue weighted by atomic mass is 16.3. The van der Waals surface area contributed by atoms with E-state index in [9.17, 15) is 9.90 Å². The minimum Gasteiger partial charge on any atom is -0.390 e. The van der Waals surface area contributed by atoms with Crippen molar-refractivity contribution in [3.63, 3.8) is 0 Å². The maximum atomic E-state index is 13.7. The average molecular weight is 414 g/mol. The molecule has 0 unspecified atom stereocenters. The lowest BCUT2D eigenvalue weighted by Crippen LogP contribution is -2.69. The number of amides is 1. The molecule has 30 heavy (non-hydrogen) atoms. The predicted molar refractivity (Wildman–Crippen MR) is 120 cm³/mol. The van der Waals surface area contributed by atoms with E-state index in [-0.39, 0.29) is 11.9 Å². The molecule has 2 aliphatic carbocycles. The lowest BCUT2D eigenvalue weighted by Gasteiger charge is -2.49. The zero-order chi connectivity index (χ0) is 20.8. The molecule has 166 valence electrons. The molecule has 1 amide bonds. The first-order valence-electron chi connectivity index (χ1n) is 12.2. The molecule has 0 aromatic heterocycles. The number of piperazine rings is 1. The van der Waals surface area contributed by atoms with Crippen molar-refractivity contribution < 1.29 is 9.90 Å². The fourth-order valence-electron chi connectivity index (χ4n) is 5.75. The van der Waals surface area contributed by atoms with Crippen LogP contribution in [-0.2, 0) is 11.2 Å². The Balaban J connectivity index is 1.40. The third-order valence-electron chi connectivity index (χ3n) is 7.50. The van der Waals surface area contributed by atoms with Crippen LogP contribution >= 0.6 is 0 Å². The van der Waals surface area contributed by atoms with Gasteiger partial charge in [0.25, 0.3) is 0 Å². The molecule has 2 atom stereocenters. The normalized spacial score (nSPS) is 25.7. The summed E-state index contributed by atoms with van der Waals surface area (Å²) in [6.07, 6.45) is 10.9. The zero-order valence-electron chi connectivity index (χ0n) is 18.3. The number of aliphatic hydroxyl groups is 1. The van der Waals surface area contributed by atoms with Crippen LogP contribution in [0.15, 0.2) is 30.3 Å². The summed E-state index contributed by atoms with van der Waals surface area (Å²) < 4.78 is 0. The Hall–Kier alpha value is -1.43. The van der Waals surface area contributed by atoms with E-state index >= 15 is 0 Å². The van der Waals surface area contributed by atoms with Gasteiger partial charge in [-0.15, -0.1) is 0 Å². The van der Waals surface area contributed by atoms with Crippen LogP contribution < -0.4 is 10.6 Å². The number of hydrogen-bond acceptors (Lipinski definition) is 4. The van der Waals surface area contributed by atoms with Gasteiger partial charge in [0.15, 0.2) is 0 Å². The second-order valence-corrected chi connectivity index (χ2v) is 9.79. The van der Waals surface area contributed by atoms with Crippen LogP contribution in [0.2, 0.25) is 0 Å². The minimum atomic E-state index is -0.521. The topological polar surface area (TPSA) is 64.6 Å². The Kier molecular flexibility index (Phi) is 7.45. The molecule has 1 heterocycles. The fraction of sp³-hybridized carbons (Fsp3) is 0.720. The molecule has 2 saturated carbocycles. The maximum Gasteiger partial charge on any atom is 0.243 e. The summed E-state index contributed by atoms with van der Waals surface area (Å²) in [6.45, 7) is 2.79. The average Bonchev–Trinajstić information content (AvgIpc) is 3.29. The van der Waals surface area contributed by atoms with Gasteiger partial charge in [-0.05, 0) is 50.1 Å². The number of β-amino-alcohol motifs (C(OH)–C–C–N with tert-alkyl or cyclic N) is 1. The van der Waals surface area contributed by atoms with Crippen molar-refractivity contribution in [1.29, 1.82) is 0 Å². The Morgan fingerprint density at radius 3 is 2.57 bits per heavy atom. The van der Waals surface area contributed by atoms with Gasteiger partial charge >= 0.3 is 0 Å². The molecular formula is C25H39N3O2. The van der Waals surface area contributed by atoms with Gasteiger partial charge in [0, 0.05) is 25.7 Å². The van der Waals surface area contributed by atoms with Gasteiger partial charge in [0.1, 0.15) is 0 Å². The number of carbonyl (C=O) groups excluding carboxylic acids is 1. The monoisotopic (exact) mass is 413 g/mol. The second kappa shape index (κ2) is 10.3. The van der Waals surface area contributed by atoms with Crippen LogP contribution in [0, 0.1) is 5.92 Å². The molecule has 5 nitrogen and oxygen atoms in total. The standard InChI is InChI=1S/C25H39N3O2/c29-23(18-26-16-21-11-5-6-12-21)19-28-22(15-20-9-3-1-4-10-20)17-27-25(24(28)30)13-7-2-8-14-25/h1,3-4,9-10,21-23,26-27,29H,2,5-8,11-19H2/t22-,23+/m0/s1. The van der Waals surface area contributed by atoms with Gasteiger partial charge < -0.3 is 20.6 Å². The van der Waals surface area contributed by atoms with Crippen LogP contribution in [0.25, 0.3) is 0 Å². The fourth-order valence-corrected chi connectivity index (χ4v) is 5.75. The second-order valence-electron chi connectivity index (χ2n) is 9.79. The van der Waals surface area contributed by atoms with E-state index in [0.717, 1.165) is 51.1 Å². The minimum absolute atomic E-state index is 0.0944. The number of hydrogen-bond donors (Lipinski definition) is 3. The predicted octanol–water partition coefficient (Wildman–Crippen LogP) is 2.87.